The van der Waals surface area contributed by atoms with E-state index in [1.54, 1.807) is 0 Å². The smallest absolute Gasteiger partial charge is 0.0503 e. The Bertz CT molecular complexity index is 1470. The number of nitrogens with zero attached hydrogens (tertiary/aromatic N) is 1. The molecule has 0 atom stereocenters. The van der Waals surface area contributed by atoms with Crippen molar-refractivity contribution < 1.29 is 0 Å². The van der Waals surface area contributed by atoms with Crippen molar-refractivity contribution in [3.05, 3.63) is 84.9 Å². The van der Waals surface area contributed by atoms with Gasteiger partial charge in [-0.2, -0.15) is 0 Å². The van der Waals surface area contributed by atoms with Crippen molar-refractivity contribution in [3.8, 4) is 11.1 Å². The summed E-state index contributed by atoms with van der Waals surface area (Å²) in [4.78, 5) is 0. The van der Waals surface area contributed by atoms with E-state index in [-0.39, 0.29) is 0 Å². The SMILES string of the molecule is Cn1c2ccccc2c2cc3c(cc21)sc1cccc(-c2ccccc2)c13. The summed E-state index contributed by atoms with van der Waals surface area (Å²) in [7, 11) is 2.17. The third kappa shape index (κ3) is 2.05. The average Bonchev–Trinajstić information content (AvgIpc) is 3.23. The van der Waals surface area contributed by atoms with Gasteiger partial charge in [-0.3, -0.25) is 0 Å². The standard InChI is InChI=1S/C25H17NS/c1-26-21-12-6-5-10-18(21)19-14-20-24(15-22(19)26)27-23-13-7-11-17(25(20)23)16-8-3-2-4-9-16/h2-15H,1H3. The van der Waals surface area contributed by atoms with Crippen LogP contribution in [-0.4, -0.2) is 4.57 Å². The summed E-state index contributed by atoms with van der Waals surface area (Å²) in [6.07, 6.45) is 0. The second-order valence-electron chi connectivity index (χ2n) is 7.09. The summed E-state index contributed by atoms with van der Waals surface area (Å²) >= 11 is 1.89. The molecule has 0 radical (unpaired) electrons. The third-order valence-electron chi connectivity index (χ3n) is 5.62. The van der Waals surface area contributed by atoms with Crippen molar-refractivity contribution in [1.82, 2.24) is 4.57 Å². The molecular formula is C25H17NS. The van der Waals surface area contributed by atoms with Gasteiger partial charge in [0.2, 0.25) is 0 Å². The van der Waals surface area contributed by atoms with Crippen molar-refractivity contribution >= 4 is 53.3 Å². The molecule has 2 heterocycles. The van der Waals surface area contributed by atoms with Crippen molar-refractivity contribution in [1.29, 1.82) is 0 Å². The first-order valence-electron chi connectivity index (χ1n) is 9.19. The number of rotatable bonds is 1. The molecule has 4 aromatic carbocycles. The molecule has 0 bridgehead atoms. The van der Waals surface area contributed by atoms with Crippen LogP contribution in [0.5, 0.6) is 0 Å². The molecule has 27 heavy (non-hydrogen) atoms. The molecule has 0 aliphatic heterocycles. The van der Waals surface area contributed by atoms with Crippen LogP contribution in [0.1, 0.15) is 0 Å². The molecular weight excluding hydrogens is 346 g/mol. The molecule has 6 aromatic rings. The van der Waals surface area contributed by atoms with Crippen LogP contribution < -0.4 is 0 Å². The Hall–Kier alpha value is -3.10. The molecule has 0 spiro atoms. The maximum Gasteiger partial charge on any atom is 0.0503 e. The Labute approximate surface area is 161 Å². The molecule has 0 saturated heterocycles. The normalized spacial score (nSPS) is 11.9. The second kappa shape index (κ2) is 5.45. The number of fused-ring (bicyclic) bond motifs is 6. The van der Waals surface area contributed by atoms with Crippen LogP contribution in [0.4, 0.5) is 0 Å². The lowest BCUT2D eigenvalue weighted by Gasteiger charge is -2.04. The predicted molar refractivity (Wildman–Crippen MR) is 119 cm³/mol. The van der Waals surface area contributed by atoms with Gasteiger partial charge in [-0.25, -0.2) is 0 Å². The zero-order chi connectivity index (χ0) is 18.0. The van der Waals surface area contributed by atoms with Crippen LogP contribution in [0.2, 0.25) is 0 Å². The van der Waals surface area contributed by atoms with Crippen LogP contribution in [-0.2, 0) is 7.05 Å². The Balaban J connectivity index is 1.80. The molecule has 0 saturated carbocycles. The molecule has 2 heteroatoms. The molecule has 128 valence electrons. The molecule has 6 rings (SSSR count). The van der Waals surface area contributed by atoms with Gasteiger partial charge in [0, 0.05) is 43.5 Å². The van der Waals surface area contributed by atoms with Crippen molar-refractivity contribution in [2.75, 3.05) is 0 Å². The molecule has 0 unspecified atom stereocenters. The predicted octanol–water partition coefficient (Wildman–Crippen LogP) is 7.37. The first-order valence-corrected chi connectivity index (χ1v) is 10.0. The lowest BCUT2D eigenvalue weighted by molar-refractivity contribution is 1.02. The highest BCUT2D eigenvalue weighted by molar-refractivity contribution is 7.26. The summed E-state index contributed by atoms with van der Waals surface area (Å²) < 4.78 is 5.02. The summed E-state index contributed by atoms with van der Waals surface area (Å²) in [5.41, 5.74) is 5.19. The summed E-state index contributed by atoms with van der Waals surface area (Å²) in [5, 5.41) is 5.40. The summed E-state index contributed by atoms with van der Waals surface area (Å²) in [6, 6.07) is 30.8. The van der Waals surface area contributed by atoms with E-state index in [9.17, 15) is 0 Å². The van der Waals surface area contributed by atoms with Crippen molar-refractivity contribution in [2.24, 2.45) is 7.05 Å². The molecule has 0 aliphatic rings. The maximum atomic E-state index is 2.40. The van der Waals surface area contributed by atoms with E-state index in [4.69, 9.17) is 0 Å². The highest BCUT2D eigenvalue weighted by Crippen LogP contribution is 2.42. The van der Waals surface area contributed by atoms with Crippen LogP contribution in [0.15, 0.2) is 84.9 Å². The van der Waals surface area contributed by atoms with Gasteiger partial charge in [-0.1, -0.05) is 60.7 Å². The van der Waals surface area contributed by atoms with Gasteiger partial charge in [0.05, 0.1) is 5.52 Å². The third-order valence-corrected chi connectivity index (χ3v) is 6.73. The number of benzene rings is 4. The van der Waals surface area contributed by atoms with Gasteiger partial charge in [0.25, 0.3) is 0 Å². The van der Waals surface area contributed by atoms with E-state index in [1.165, 1.54) is 53.1 Å². The number of para-hydroxylation sites is 1. The van der Waals surface area contributed by atoms with E-state index in [1.807, 2.05) is 11.3 Å². The second-order valence-corrected chi connectivity index (χ2v) is 8.17. The van der Waals surface area contributed by atoms with Crippen LogP contribution in [0, 0.1) is 0 Å². The van der Waals surface area contributed by atoms with Gasteiger partial charge in [0.1, 0.15) is 0 Å². The largest absolute Gasteiger partial charge is 0.344 e. The number of aromatic nitrogens is 1. The number of hydrogen-bond donors (Lipinski definition) is 0. The Morgan fingerprint density at radius 1 is 0.630 bits per heavy atom. The number of hydrogen-bond acceptors (Lipinski definition) is 1. The van der Waals surface area contributed by atoms with Gasteiger partial charge >= 0.3 is 0 Å². The summed E-state index contributed by atoms with van der Waals surface area (Å²) in [6.45, 7) is 0. The van der Waals surface area contributed by atoms with Crippen LogP contribution in [0.3, 0.4) is 0 Å². The molecule has 0 aliphatic carbocycles. The number of aryl methyl sites for hydroxylation is 1. The Morgan fingerprint density at radius 3 is 2.33 bits per heavy atom. The summed E-state index contributed by atoms with van der Waals surface area (Å²) in [5.74, 6) is 0. The minimum atomic E-state index is 1.28. The van der Waals surface area contributed by atoms with E-state index in [0.29, 0.717) is 0 Å². The number of thiophene rings is 1. The zero-order valence-electron chi connectivity index (χ0n) is 14.9. The van der Waals surface area contributed by atoms with Gasteiger partial charge < -0.3 is 4.57 Å². The fraction of sp³-hybridized carbons (Fsp3) is 0.0400. The molecule has 0 amide bonds. The highest BCUT2D eigenvalue weighted by atomic mass is 32.1. The topological polar surface area (TPSA) is 4.93 Å². The monoisotopic (exact) mass is 363 g/mol. The van der Waals surface area contributed by atoms with E-state index >= 15 is 0 Å². The molecule has 2 aromatic heterocycles. The van der Waals surface area contributed by atoms with Gasteiger partial charge in [-0.05, 0) is 35.4 Å². The van der Waals surface area contributed by atoms with Crippen LogP contribution >= 0.6 is 11.3 Å². The van der Waals surface area contributed by atoms with E-state index in [0.717, 1.165) is 0 Å². The Kier molecular flexibility index (Phi) is 3.03. The van der Waals surface area contributed by atoms with E-state index in [2.05, 4.69) is 96.5 Å². The lowest BCUT2D eigenvalue weighted by Crippen LogP contribution is -1.85. The van der Waals surface area contributed by atoms with Crippen molar-refractivity contribution in [3.63, 3.8) is 0 Å². The minimum absolute atomic E-state index is 1.28. The quantitative estimate of drug-likeness (QED) is 0.287. The highest BCUT2D eigenvalue weighted by Gasteiger charge is 2.14. The molecule has 0 N–H and O–H groups in total. The van der Waals surface area contributed by atoms with Crippen molar-refractivity contribution in [2.45, 2.75) is 0 Å². The zero-order valence-corrected chi connectivity index (χ0v) is 15.8. The average molecular weight is 363 g/mol. The van der Waals surface area contributed by atoms with Crippen LogP contribution in [0.25, 0.3) is 53.1 Å². The lowest BCUT2D eigenvalue weighted by atomic mass is 9.99. The molecule has 0 fully saturated rings. The maximum absolute atomic E-state index is 2.40. The van der Waals surface area contributed by atoms with Gasteiger partial charge in [-0.15, -0.1) is 11.3 Å². The fourth-order valence-corrected chi connectivity index (χ4v) is 5.48. The molecule has 1 nitrogen and oxygen atoms in total. The first-order chi connectivity index (χ1) is 13.3. The van der Waals surface area contributed by atoms with Gasteiger partial charge in [0.15, 0.2) is 0 Å². The first kappa shape index (κ1) is 15.0. The Morgan fingerprint density at radius 2 is 1.44 bits per heavy atom. The van der Waals surface area contributed by atoms with E-state index < -0.39 is 0 Å². The minimum Gasteiger partial charge on any atom is -0.344 e. The fourth-order valence-electron chi connectivity index (χ4n) is 4.34.